The predicted octanol–water partition coefficient (Wildman–Crippen LogP) is 3.87. The molecule has 168 valence electrons. The lowest BCUT2D eigenvalue weighted by Gasteiger charge is -2.39. The number of methoxy groups -OCH3 is 1. The fourth-order valence-electron chi connectivity index (χ4n) is 4.10. The van der Waals surface area contributed by atoms with E-state index in [-0.39, 0.29) is 17.0 Å². The number of aromatic nitrogens is 1. The van der Waals surface area contributed by atoms with Gasteiger partial charge in [0.25, 0.3) is 0 Å². The summed E-state index contributed by atoms with van der Waals surface area (Å²) in [6.07, 6.45) is 5.08. The Morgan fingerprint density at radius 1 is 1.19 bits per heavy atom. The molecule has 0 spiro atoms. The van der Waals surface area contributed by atoms with Crippen LogP contribution in [0.4, 0.5) is 0 Å². The number of nitrogens with zero attached hydrogens (tertiary/aromatic N) is 1. The second kappa shape index (κ2) is 9.14. The van der Waals surface area contributed by atoms with E-state index in [2.05, 4.69) is 20.8 Å². The molecular formula is C24H32N2O5. The van der Waals surface area contributed by atoms with Gasteiger partial charge in [0.1, 0.15) is 5.56 Å². The molecular weight excluding hydrogens is 396 g/mol. The zero-order valence-electron chi connectivity index (χ0n) is 18.7. The van der Waals surface area contributed by atoms with Crippen LogP contribution in [-0.2, 0) is 6.42 Å². The number of hydrogen-bond acceptors (Lipinski definition) is 5. The molecule has 1 aliphatic rings. The normalized spacial score (nSPS) is 15.2. The lowest BCUT2D eigenvalue weighted by molar-refractivity contribution is 0.0693. The van der Waals surface area contributed by atoms with E-state index >= 15 is 0 Å². The molecule has 7 heteroatoms. The Balaban J connectivity index is 2.07. The third-order valence-electron chi connectivity index (χ3n) is 5.83. The quantitative estimate of drug-likeness (QED) is 0.619. The monoisotopic (exact) mass is 428 g/mol. The topological polar surface area (TPSA) is 104 Å². The first kappa shape index (κ1) is 22.9. The zero-order valence-corrected chi connectivity index (χ0v) is 18.7. The van der Waals surface area contributed by atoms with Gasteiger partial charge in [0.15, 0.2) is 16.9 Å². The van der Waals surface area contributed by atoms with Crippen LogP contribution in [0.1, 0.15) is 62.0 Å². The number of nitrogens with two attached hydrogens (primary N) is 1. The molecule has 1 atom stereocenters. The number of rotatable bonds is 8. The molecule has 1 aromatic heterocycles. The maximum absolute atomic E-state index is 12.5. The van der Waals surface area contributed by atoms with E-state index in [0.717, 1.165) is 30.4 Å². The highest BCUT2D eigenvalue weighted by molar-refractivity contribution is 5.88. The summed E-state index contributed by atoms with van der Waals surface area (Å²) in [5, 5.41) is 9.45. The van der Waals surface area contributed by atoms with Gasteiger partial charge in [0, 0.05) is 23.9 Å². The molecule has 2 aromatic rings. The van der Waals surface area contributed by atoms with Gasteiger partial charge >= 0.3 is 5.97 Å². The van der Waals surface area contributed by atoms with Crippen molar-refractivity contribution >= 4 is 5.97 Å². The van der Waals surface area contributed by atoms with Gasteiger partial charge in [0.2, 0.25) is 0 Å². The molecule has 3 rings (SSSR count). The molecule has 2 heterocycles. The fourth-order valence-corrected chi connectivity index (χ4v) is 4.10. The molecule has 31 heavy (non-hydrogen) atoms. The van der Waals surface area contributed by atoms with Crippen molar-refractivity contribution < 1.29 is 19.4 Å². The minimum atomic E-state index is -1.21. The largest absolute Gasteiger partial charge is 0.493 e. The van der Waals surface area contributed by atoms with E-state index in [1.807, 2.05) is 16.7 Å². The molecule has 7 nitrogen and oxygen atoms in total. The van der Waals surface area contributed by atoms with Crippen LogP contribution in [0.3, 0.4) is 0 Å². The smallest absolute Gasteiger partial charge is 0.341 e. The highest BCUT2D eigenvalue weighted by atomic mass is 16.5. The van der Waals surface area contributed by atoms with Crippen LogP contribution < -0.4 is 20.6 Å². The summed E-state index contributed by atoms with van der Waals surface area (Å²) < 4.78 is 13.5. The van der Waals surface area contributed by atoms with E-state index in [4.69, 9.17) is 15.2 Å². The van der Waals surface area contributed by atoms with Crippen LogP contribution in [0.2, 0.25) is 0 Å². The molecule has 1 aromatic carbocycles. The van der Waals surface area contributed by atoms with Gasteiger partial charge in [-0.15, -0.1) is 0 Å². The minimum Gasteiger partial charge on any atom is -0.493 e. The second-order valence-corrected chi connectivity index (χ2v) is 9.09. The number of fused-ring (bicyclic) bond motifs is 3. The van der Waals surface area contributed by atoms with Crippen molar-refractivity contribution in [2.45, 2.75) is 52.5 Å². The Kier molecular flexibility index (Phi) is 6.74. The Morgan fingerprint density at radius 2 is 1.94 bits per heavy atom. The van der Waals surface area contributed by atoms with Crippen LogP contribution in [0.25, 0.3) is 11.3 Å². The van der Waals surface area contributed by atoms with Crippen molar-refractivity contribution in [1.82, 2.24) is 4.57 Å². The third kappa shape index (κ3) is 4.77. The Morgan fingerprint density at radius 3 is 2.55 bits per heavy atom. The van der Waals surface area contributed by atoms with Crippen LogP contribution in [0, 0.1) is 5.41 Å². The van der Waals surface area contributed by atoms with Crippen LogP contribution in [-0.4, -0.2) is 35.9 Å². The summed E-state index contributed by atoms with van der Waals surface area (Å²) in [5.41, 5.74) is 7.30. The van der Waals surface area contributed by atoms with E-state index in [0.29, 0.717) is 36.8 Å². The summed E-state index contributed by atoms with van der Waals surface area (Å²) in [4.78, 5) is 24.1. The first-order valence-electron chi connectivity index (χ1n) is 10.7. The number of carboxylic acid groups (broad SMARTS) is 1. The Hall–Kier alpha value is -2.80. The number of aromatic carboxylic acids is 1. The van der Waals surface area contributed by atoms with Gasteiger partial charge in [0.05, 0.1) is 19.4 Å². The van der Waals surface area contributed by atoms with Gasteiger partial charge in [-0.25, -0.2) is 4.79 Å². The van der Waals surface area contributed by atoms with Crippen LogP contribution >= 0.6 is 0 Å². The molecule has 0 radical (unpaired) electrons. The van der Waals surface area contributed by atoms with E-state index in [1.54, 1.807) is 7.11 Å². The van der Waals surface area contributed by atoms with Gasteiger partial charge in [-0.1, -0.05) is 20.8 Å². The molecule has 0 saturated heterocycles. The fraction of sp³-hybridized carbons (Fsp3) is 0.500. The number of unbranched alkanes of at least 4 members (excludes halogenated alkanes) is 2. The van der Waals surface area contributed by atoms with Gasteiger partial charge in [-0.05, 0) is 55.3 Å². The van der Waals surface area contributed by atoms with Gasteiger partial charge < -0.3 is 24.9 Å². The first-order chi connectivity index (χ1) is 14.7. The Bertz CT molecular complexity index is 1020. The third-order valence-corrected chi connectivity index (χ3v) is 5.83. The average Bonchev–Trinajstić information content (AvgIpc) is 2.71. The van der Waals surface area contributed by atoms with Crippen molar-refractivity contribution in [3.63, 3.8) is 0 Å². The molecule has 0 amide bonds. The molecule has 0 aliphatic carbocycles. The van der Waals surface area contributed by atoms with E-state index in [9.17, 15) is 14.7 Å². The lowest BCUT2D eigenvalue weighted by atomic mass is 9.78. The maximum Gasteiger partial charge on any atom is 0.341 e. The second-order valence-electron chi connectivity index (χ2n) is 9.09. The summed E-state index contributed by atoms with van der Waals surface area (Å²) >= 11 is 0. The van der Waals surface area contributed by atoms with Gasteiger partial charge in [-0.3, -0.25) is 4.79 Å². The summed E-state index contributed by atoms with van der Waals surface area (Å²) in [5.74, 6) is 0.0578. The molecule has 0 saturated carbocycles. The number of hydrogen-bond donors (Lipinski definition) is 2. The highest BCUT2D eigenvalue weighted by Gasteiger charge is 2.34. The van der Waals surface area contributed by atoms with Crippen LogP contribution in [0.15, 0.2) is 29.2 Å². The molecule has 0 unspecified atom stereocenters. The summed E-state index contributed by atoms with van der Waals surface area (Å²) in [6, 6.07) is 5.29. The summed E-state index contributed by atoms with van der Waals surface area (Å²) in [7, 11) is 1.59. The Labute approximate surface area is 182 Å². The van der Waals surface area contributed by atoms with E-state index < -0.39 is 11.4 Å². The SMILES string of the molecule is COc1cc2c(cc1OCCCCCN)C[C@@H](C(C)(C)C)n1cc(C(=O)O)c(=O)cc1-2. The van der Waals surface area contributed by atoms with Crippen molar-refractivity contribution in [2.24, 2.45) is 11.1 Å². The number of pyridine rings is 1. The van der Waals surface area contributed by atoms with Gasteiger partial charge in [-0.2, -0.15) is 0 Å². The molecule has 1 aliphatic heterocycles. The van der Waals surface area contributed by atoms with Crippen molar-refractivity contribution in [3.8, 4) is 22.8 Å². The predicted molar refractivity (Wildman–Crippen MR) is 120 cm³/mol. The lowest BCUT2D eigenvalue weighted by Crippen LogP contribution is -2.32. The maximum atomic E-state index is 12.5. The minimum absolute atomic E-state index is 0.0144. The average molecular weight is 429 g/mol. The van der Waals surface area contributed by atoms with Crippen LogP contribution in [0.5, 0.6) is 11.5 Å². The van der Waals surface area contributed by atoms with Crippen molar-refractivity contribution in [2.75, 3.05) is 20.3 Å². The first-order valence-corrected chi connectivity index (χ1v) is 10.7. The molecule has 0 fully saturated rings. The standard InChI is InChI=1S/C24H32N2O5/c1-24(2,3)22-11-15-10-21(31-9-7-5-6-8-25)20(30-4)12-16(15)18-13-19(27)17(23(28)29)14-26(18)22/h10,12-14,22H,5-9,11,25H2,1-4H3,(H,28,29)/t22-/m0/s1. The molecule has 3 N–H and O–H groups in total. The van der Waals surface area contributed by atoms with E-state index in [1.165, 1.54) is 12.3 Å². The number of carboxylic acids is 1. The number of ether oxygens (including phenoxy) is 2. The van der Waals surface area contributed by atoms with Crippen molar-refractivity contribution in [1.29, 1.82) is 0 Å². The number of carbonyl (C=O) groups is 1. The summed E-state index contributed by atoms with van der Waals surface area (Å²) in [6.45, 7) is 7.60. The molecule has 0 bridgehead atoms. The number of benzene rings is 1. The van der Waals surface area contributed by atoms with Crippen molar-refractivity contribution in [3.05, 3.63) is 45.7 Å². The highest BCUT2D eigenvalue weighted by Crippen LogP contribution is 2.45. The zero-order chi connectivity index (χ0) is 22.8.